The van der Waals surface area contributed by atoms with Gasteiger partial charge in [-0.15, -0.1) is 0 Å². The van der Waals surface area contributed by atoms with Gasteiger partial charge in [-0.3, -0.25) is 4.79 Å². The van der Waals surface area contributed by atoms with E-state index in [2.05, 4.69) is 10.1 Å². The van der Waals surface area contributed by atoms with Gasteiger partial charge < -0.3 is 24.3 Å². The molecule has 1 amide bonds. The molecule has 10 heteroatoms. The van der Waals surface area contributed by atoms with Crippen LogP contribution < -0.4 is 19.5 Å². The van der Waals surface area contributed by atoms with Crippen LogP contribution in [0.5, 0.6) is 17.2 Å². The maximum atomic E-state index is 12.4. The second kappa shape index (κ2) is 10.1. The van der Waals surface area contributed by atoms with Crippen molar-refractivity contribution in [1.82, 2.24) is 0 Å². The molecule has 0 heterocycles. The minimum atomic E-state index is -3.05. The molecule has 0 aliphatic rings. The first-order valence-electron chi connectivity index (χ1n) is 8.65. The number of rotatable bonds is 8. The molecule has 0 bridgehead atoms. The maximum absolute atomic E-state index is 12.4. The lowest BCUT2D eigenvalue weighted by Crippen LogP contribution is -2.30. The Bertz CT molecular complexity index is 938. The molecule has 1 unspecified atom stereocenters. The van der Waals surface area contributed by atoms with E-state index in [0.717, 1.165) is 11.6 Å². The maximum Gasteiger partial charge on any atom is 0.387 e. The summed E-state index contributed by atoms with van der Waals surface area (Å²) in [6, 6.07) is 6.72. The number of nitrogens with one attached hydrogen (secondary N) is 1. The van der Waals surface area contributed by atoms with Gasteiger partial charge in [0.1, 0.15) is 5.75 Å². The van der Waals surface area contributed by atoms with Crippen LogP contribution >= 0.6 is 11.6 Å². The van der Waals surface area contributed by atoms with Gasteiger partial charge in [-0.2, -0.15) is 8.78 Å². The van der Waals surface area contributed by atoms with Crippen molar-refractivity contribution in [3.05, 3.63) is 46.5 Å². The van der Waals surface area contributed by atoms with E-state index in [1.54, 1.807) is 19.1 Å². The number of carbonyl (C=O) groups is 2. The fourth-order valence-electron chi connectivity index (χ4n) is 2.43. The van der Waals surface area contributed by atoms with E-state index < -0.39 is 24.6 Å². The zero-order valence-electron chi connectivity index (χ0n) is 16.6. The highest BCUT2D eigenvalue weighted by Gasteiger charge is 2.22. The summed E-state index contributed by atoms with van der Waals surface area (Å²) in [5.74, 6) is -1.42. The Hall–Kier alpha value is -3.07. The van der Waals surface area contributed by atoms with Crippen molar-refractivity contribution in [3.63, 3.8) is 0 Å². The quantitative estimate of drug-likeness (QED) is 0.607. The van der Waals surface area contributed by atoms with Crippen LogP contribution in [0.3, 0.4) is 0 Å². The highest BCUT2D eigenvalue weighted by molar-refractivity contribution is 6.31. The first kappa shape index (κ1) is 23.2. The lowest BCUT2D eigenvalue weighted by molar-refractivity contribution is -0.123. The molecule has 2 rings (SSSR count). The second-order valence-corrected chi connectivity index (χ2v) is 6.49. The van der Waals surface area contributed by atoms with Gasteiger partial charge in [0.15, 0.2) is 17.6 Å². The van der Waals surface area contributed by atoms with Gasteiger partial charge in [0, 0.05) is 11.1 Å². The minimum Gasteiger partial charge on any atom is -0.495 e. The van der Waals surface area contributed by atoms with Gasteiger partial charge in [0.05, 0.1) is 25.5 Å². The van der Waals surface area contributed by atoms with Crippen LogP contribution in [0.25, 0.3) is 0 Å². The molecule has 0 radical (unpaired) electrons. The Morgan fingerprint density at radius 3 is 2.30 bits per heavy atom. The normalized spacial score (nSPS) is 11.6. The highest BCUT2D eigenvalue weighted by Crippen LogP contribution is 2.32. The molecule has 1 atom stereocenters. The van der Waals surface area contributed by atoms with Crippen LogP contribution in [0, 0.1) is 6.92 Å². The Morgan fingerprint density at radius 1 is 1.03 bits per heavy atom. The van der Waals surface area contributed by atoms with Crippen molar-refractivity contribution in [1.29, 1.82) is 0 Å². The topological polar surface area (TPSA) is 83.1 Å². The van der Waals surface area contributed by atoms with Gasteiger partial charge in [-0.25, -0.2) is 4.79 Å². The summed E-state index contributed by atoms with van der Waals surface area (Å²) in [4.78, 5) is 24.8. The van der Waals surface area contributed by atoms with Gasteiger partial charge in [0.25, 0.3) is 5.91 Å². The summed E-state index contributed by atoms with van der Waals surface area (Å²) < 4.78 is 44.4. The Kier molecular flexibility index (Phi) is 7.82. The Labute approximate surface area is 176 Å². The van der Waals surface area contributed by atoms with Crippen LogP contribution in [0.1, 0.15) is 22.8 Å². The third kappa shape index (κ3) is 5.73. The SMILES string of the molecule is COc1cc(Cl)c(C)cc1NC(=O)C(C)OC(=O)c1ccc(OC(F)F)c(OC)c1. The van der Waals surface area contributed by atoms with Crippen LogP contribution in [-0.2, 0) is 9.53 Å². The molecule has 0 aliphatic carbocycles. The van der Waals surface area contributed by atoms with E-state index in [9.17, 15) is 18.4 Å². The number of hydrogen-bond acceptors (Lipinski definition) is 6. The van der Waals surface area contributed by atoms with Crippen molar-refractivity contribution in [2.45, 2.75) is 26.6 Å². The van der Waals surface area contributed by atoms with Crippen molar-refractivity contribution in [3.8, 4) is 17.2 Å². The summed E-state index contributed by atoms with van der Waals surface area (Å²) in [6.45, 7) is 0.0952. The first-order valence-corrected chi connectivity index (χ1v) is 9.02. The molecule has 0 fully saturated rings. The van der Waals surface area contributed by atoms with Crippen LogP contribution in [-0.4, -0.2) is 38.8 Å². The summed E-state index contributed by atoms with van der Waals surface area (Å²) in [5, 5.41) is 3.08. The zero-order chi connectivity index (χ0) is 22.4. The first-order chi connectivity index (χ1) is 14.2. The zero-order valence-corrected chi connectivity index (χ0v) is 17.4. The van der Waals surface area contributed by atoms with Crippen molar-refractivity contribution >= 4 is 29.2 Å². The molecule has 0 saturated heterocycles. The molecular formula is C20H20ClF2NO6. The van der Waals surface area contributed by atoms with Crippen molar-refractivity contribution in [2.24, 2.45) is 0 Å². The lowest BCUT2D eigenvalue weighted by Gasteiger charge is -2.16. The summed E-state index contributed by atoms with van der Waals surface area (Å²) in [6.07, 6.45) is -1.17. The molecule has 0 spiro atoms. The fourth-order valence-corrected chi connectivity index (χ4v) is 2.59. The number of benzene rings is 2. The van der Waals surface area contributed by atoms with E-state index >= 15 is 0 Å². The van der Waals surface area contributed by atoms with Crippen LogP contribution in [0.2, 0.25) is 5.02 Å². The third-order valence-electron chi connectivity index (χ3n) is 4.01. The van der Waals surface area contributed by atoms with E-state index in [4.69, 9.17) is 25.8 Å². The standard InChI is InChI=1S/C20H20ClF2NO6/c1-10-7-14(16(27-3)9-13(10)21)24-18(25)11(2)29-19(26)12-5-6-15(30-20(22)23)17(8-12)28-4/h5-9,11,20H,1-4H3,(H,24,25). The van der Waals surface area contributed by atoms with Gasteiger partial charge >= 0.3 is 12.6 Å². The van der Waals surface area contributed by atoms with E-state index in [0.29, 0.717) is 16.5 Å². The number of amides is 1. The molecular weight excluding hydrogens is 424 g/mol. The largest absolute Gasteiger partial charge is 0.495 e. The number of ether oxygens (including phenoxy) is 4. The Morgan fingerprint density at radius 2 is 1.70 bits per heavy atom. The highest BCUT2D eigenvalue weighted by atomic mass is 35.5. The predicted octanol–water partition coefficient (Wildman–Crippen LogP) is 4.45. The van der Waals surface area contributed by atoms with Crippen LogP contribution in [0.15, 0.2) is 30.3 Å². The summed E-state index contributed by atoms with van der Waals surface area (Å²) in [5.41, 5.74) is 1.08. The number of halogens is 3. The number of anilines is 1. The van der Waals surface area contributed by atoms with E-state index in [1.165, 1.54) is 33.3 Å². The average Bonchev–Trinajstić information content (AvgIpc) is 2.70. The lowest BCUT2D eigenvalue weighted by atomic mass is 10.2. The molecule has 7 nitrogen and oxygen atoms in total. The number of aryl methyl sites for hydroxylation is 1. The van der Waals surface area contributed by atoms with Gasteiger partial charge in [0.2, 0.25) is 0 Å². The smallest absolute Gasteiger partial charge is 0.387 e. The number of methoxy groups -OCH3 is 2. The molecule has 162 valence electrons. The van der Waals surface area contributed by atoms with Crippen molar-refractivity contribution in [2.75, 3.05) is 19.5 Å². The molecule has 2 aromatic rings. The minimum absolute atomic E-state index is 0.00645. The van der Waals surface area contributed by atoms with Crippen molar-refractivity contribution < 1.29 is 37.3 Å². The molecule has 2 aromatic carbocycles. The molecule has 0 aliphatic heterocycles. The predicted molar refractivity (Wildman–Crippen MR) is 106 cm³/mol. The van der Waals surface area contributed by atoms with Gasteiger partial charge in [-0.1, -0.05) is 11.6 Å². The summed E-state index contributed by atoms with van der Waals surface area (Å²) >= 11 is 6.04. The molecule has 30 heavy (non-hydrogen) atoms. The number of hydrogen-bond donors (Lipinski definition) is 1. The second-order valence-electron chi connectivity index (χ2n) is 6.08. The third-order valence-corrected chi connectivity index (χ3v) is 4.41. The molecule has 1 N–H and O–H groups in total. The number of carbonyl (C=O) groups excluding carboxylic acids is 2. The Balaban J connectivity index is 2.10. The molecule has 0 saturated carbocycles. The number of esters is 1. The summed E-state index contributed by atoms with van der Waals surface area (Å²) in [7, 11) is 2.66. The monoisotopic (exact) mass is 443 g/mol. The van der Waals surface area contributed by atoms with E-state index in [-0.39, 0.29) is 17.1 Å². The fraction of sp³-hybridized carbons (Fsp3) is 0.300. The average molecular weight is 444 g/mol. The van der Waals surface area contributed by atoms with E-state index in [1.807, 2.05) is 0 Å². The van der Waals surface area contributed by atoms with Crippen LogP contribution in [0.4, 0.5) is 14.5 Å². The number of alkyl halides is 2. The molecule has 0 aromatic heterocycles. The van der Waals surface area contributed by atoms with Gasteiger partial charge in [-0.05, 0) is 43.7 Å².